The lowest BCUT2D eigenvalue weighted by molar-refractivity contribution is 0.331. The summed E-state index contributed by atoms with van der Waals surface area (Å²) in [7, 11) is -3.79. The van der Waals surface area contributed by atoms with Crippen LogP contribution in [0.2, 0.25) is 0 Å². The van der Waals surface area contributed by atoms with Gasteiger partial charge in [0.2, 0.25) is 10.0 Å². The molecule has 4 nitrogen and oxygen atoms in total. The number of ether oxygens (including phenoxy) is 1. The largest absolute Gasteiger partial charge is 0.492 e. The van der Waals surface area contributed by atoms with Gasteiger partial charge in [-0.05, 0) is 48.4 Å². The van der Waals surface area contributed by atoms with Crippen molar-refractivity contribution in [3.05, 3.63) is 59.7 Å². The van der Waals surface area contributed by atoms with E-state index in [0.29, 0.717) is 24.2 Å². The molecule has 2 atom stereocenters. The molecule has 5 heteroatoms. The Hall–Kier alpha value is -1.85. The number of primary sulfonamides is 1. The van der Waals surface area contributed by atoms with Gasteiger partial charge in [-0.25, -0.2) is 13.6 Å². The van der Waals surface area contributed by atoms with Crippen LogP contribution in [-0.2, 0) is 10.0 Å². The van der Waals surface area contributed by atoms with Gasteiger partial charge in [0.1, 0.15) is 10.6 Å². The molecule has 0 aromatic heterocycles. The lowest BCUT2D eigenvalue weighted by atomic mass is 10.0. The molecule has 1 aliphatic carbocycles. The predicted molar refractivity (Wildman–Crippen MR) is 85.5 cm³/mol. The molecule has 0 heterocycles. The minimum absolute atomic E-state index is 0.0746. The van der Waals surface area contributed by atoms with Crippen molar-refractivity contribution >= 4 is 10.0 Å². The lowest BCUT2D eigenvalue weighted by Crippen LogP contribution is -2.14. The van der Waals surface area contributed by atoms with Crippen LogP contribution < -0.4 is 9.88 Å². The molecule has 3 rings (SSSR count). The summed E-state index contributed by atoms with van der Waals surface area (Å²) in [6.45, 7) is 2.21. The van der Waals surface area contributed by atoms with Gasteiger partial charge in [-0.1, -0.05) is 36.4 Å². The Morgan fingerprint density at radius 3 is 2.41 bits per heavy atom. The number of sulfonamides is 1. The molecular weight excluding hydrogens is 298 g/mol. The van der Waals surface area contributed by atoms with Crippen LogP contribution in [0.25, 0.3) is 0 Å². The van der Waals surface area contributed by atoms with Crippen molar-refractivity contribution in [1.82, 2.24) is 0 Å². The van der Waals surface area contributed by atoms with Gasteiger partial charge in [-0.3, -0.25) is 0 Å². The monoisotopic (exact) mass is 317 g/mol. The molecule has 0 aliphatic heterocycles. The maximum absolute atomic E-state index is 11.8. The first-order valence-electron chi connectivity index (χ1n) is 7.35. The maximum Gasteiger partial charge on any atom is 0.241 e. The summed E-state index contributed by atoms with van der Waals surface area (Å²) < 4.78 is 28.9. The Bertz CT molecular complexity index is 772. The van der Waals surface area contributed by atoms with Gasteiger partial charge in [-0.15, -0.1) is 0 Å². The van der Waals surface area contributed by atoms with Crippen LogP contribution in [0.1, 0.15) is 36.3 Å². The quantitative estimate of drug-likeness (QED) is 0.921. The van der Waals surface area contributed by atoms with Crippen molar-refractivity contribution in [2.75, 3.05) is 6.61 Å². The summed E-state index contributed by atoms with van der Waals surface area (Å²) in [6, 6.07) is 15.6. The number of nitrogens with two attached hydrogens (primary N) is 1. The molecule has 2 aromatic rings. The summed E-state index contributed by atoms with van der Waals surface area (Å²) >= 11 is 0. The van der Waals surface area contributed by atoms with Crippen LogP contribution >= 0.6 is 0 Å². The van der Waals surface area contributed by atoms with Crippen molar-refractivity contribution in [2.24, 2.45) is 5.14 Å². The highest BCUT2D eigenvalue weighted by atomic mass is 32.2. The van der Waals surface area contributed by atoms with Crippen LogP contribution in [0, 0.1) is 0 Å². The lowest BCUT2D eigenvalue weighted by Gasteiger charge is -2.10. The Kier molecular flexibility index (Phi) is 3.93. The zero-order valence-electron chi connectivity index (χ0n) is 12.4. The highest BCUT2D eigenvalue weighted by Gasteiger charge is 2.39. The topological polar surface area (TPSA) is 69.4 Å². The molecule has 1 aliphatic rings. The van der Waals surface area contributed by atoms with E-state index in [0.717, 1.165) is 12.0 Å². The first-order chi connectivity index (χ1) is 10.5. The van der Waals surface area contributed by atoms with Gasteiger partial charge in [0, 0.05) is 0 Å². The Labute approximate surface area is 131 Å². The Morgan fingerprint density at radius 1 is 1.09 bits per heavy atom. The molecule has 2 N–H and O–H groups in total. The molecule has 116 valence electrons. The molecule has 1 saturated carbocycles. The van der Waals surface area contributed by atoms with Gasteiger partial charge in [0.05, 0.1) is 6.61 Å². The van der Waals surface area contributed by atoms with Crippen molar-refractivity contribution in [3.8, 4) is 5.75 Å². The average Bonchev–Trinajstić information content (AvgIpc) is 3.28. The summed E-state index contributed by atoms with van der Waals surface area (Å²) in [5.74, 6) is 1.12. The van der Waals surface area contributed by atoms with Gasteiger partial charge in [-0.2, -0.15) is 0 Å². The van der Waals surface area contributed by atoms with Crippen molar-refractivity contribution < 1.29 is 13.2 Å². The average molecular weight is 317 g/mol. The first kappa shape index (κ1) is 15.1. The van der Waals surface area contributed by atoms with E-state index in [1.807, 2.05) is 31.2 Å². The summed E-state index contributed by atoms with van der Waals surface area (Å²) in [4.78, 5) is 0.0746. The molecule has 0 radical (unpaired) electrons. The zero-order valence-corrected chi connectivity index (χ0v) is 13.2. The van der Waals surface area contributed by atoms with Crippen LogP contribution in [0.4, 0.5) is 0 Å². The Balaban J connectivity index is 1.91. The second-order valence-corrected chi connectivity index (χ2v) is 7.07. The number of hydrogen-bond donors (Lipinski definition) is 1. The highest BCUT2D eigenvalue weighted by Crippen LogP contribution is 2.55. The van der Waals surface area contributed by atoms with Gasteiger partial charge in [0.15, 0.2) is 0 Å². The molecule has 0 unspecified atom stereocenters. The van der Waals surface area contributed by atoms with Crippen LogP contribution in [0.15, 0.2) is 53.4 Å². The smallest absolute Gasteiger partial charge is 0.241 e. The van der Waals surface area contributed by atoms with Crippen LogP contribution in [0.5, 0.6) is 5.75 Å². The fourth-order valence-electron chi connectivity index (χ4n) is 2.88. The molecule has 0 saturated heterocycles. The second kappa shape index (κ2) is 5.74. The van der Waals surface area contributed by atoms with Crippen LogP contribution in [0.3, 0.4) is 0 Å². The van der Waals surface area contributed by atoms with E-state index < -0.39 is 10.0 Å². The van der Waals surface area contributed by atoms with Gasteiger partial charge in [0.25, 0.3) is 0 Å². The van der Waals surface area contributed by atoms with Gasteiger partial charge < -0.3 is 4.74 Å². The standard InChI is InChI=1S/C17H19NO3S/c1-2-21-16-9-8-13(10-17(16)22(18,19)20)15-11-14(15)12-6-4-3-5-7-12/h3-10,14-15H,2,11H2,1H3,(H2,18,19,20)/t14-,15-/m0/s1. The third kappa shape index (κ3) is 3.00. The summed E-state index contributed by atoms with van der Waals surface area (Å²) in [5, 5.41) is 5.32. The minimum atomic E-state index is -3.79. The van der Waals surface area contributed by atoms with E-state index in [-0.39, 0.29) is 4.90 Å². The van der Waals surface area contributed by atoms with E-state index in [1.54, 1.807) is 12.1 Å². The predicted octanol–water partition coefficient (Wildman–Crippen LogP) is 3.00. The van der Waals surface area contributed by atoms with Gasteiger partial charge >= 0.3 is 0 Å². The van der Waals surface area contributed by atoms with E-state index in [2.05, 4.69) is 12.1 Å². The molecule has 1 fully saturated rings. The molecular formula is C17H19NO3S. The van der Waals surface area contributed by atoms with Crippen molar-refractivity contribution in [3.63, 3.8) is 0 Å². The zero-order chi connectivity index (χ0) is 15.7. The second-order valence-electron chi connectivity index (χ2n) is 5.54. The minimum Gasteiger partial charge on any atom is -0.492 e. The van der Waals surface area contributed by atoms with Crippen molar-refractivity contribution in [2.45, 2.75) is 30.1 Å². The van der Waals surface area contributed by atoms with E-state index in [4.69, 9.17) is 9.88 Å². The van der Waals surface area contributed by atoms with Crippen molar-refractivity contribution in [1.29, 1.82) is 0 Å². The summed E-state index contributed by atoms with van der Waals surface area (Å²) in [5.41, 5.74) is 2.29. The molecule has 22 heavy (non-hydrogen) atoms. The third-order valence-corrected chi connectivity index (χ3v) is 4.95. The number of benzene rings is 2. The fraction of sp³-hybridized carbons (Fsp3) is 0.294. The van der Waals surface area contributed by atoms with Crippen LogP contribution in [-0.4, -0.2) is 15.0 Å². The number of hydrogen-bond acceptors (Lipinski definition) is 3. The molecule has 0 amide bonds. The maximum atomic E-state index is 11.8. The number of rotatable bonds is 5. The third-order valence-electron chi connectivity index (χ3n) is 4.02. The highest BCUT2D eigenvalue weighted by molar-refractivity contribution is 7.89. The summed E-state index contributed by atoms with van der Waals surface area (Å²) in [6.07, 6.45) is 1.03. The van der Waals surface area contributed by atoms with E-state index in [9.17, 15) is 8.42 Å². The molecule has 0 bridgehead atoms. The SMILES string of the molecule is CCOc1ccc([C@@H]2C[C@H]2c2ccccc2)cc1S(N)(=O)=O. The first-order valence-corrected chi connectivity index (χ1v) is 8.90. The Morgan fingerprint density at radius 2 is 1.77 bits per heavy atom. The van der Waals surface area contributed by atoms with E-state index >= 15 is 0 Å². The normalized spacial score (nSPS) is 20.6. The molecule has 2 aromatic carbocycles. The molecule has 0 spiro atoms. The van der Waals surface area contributed by atoms with E-state index in [1.165, 1.54) is 5.56 Å². The fourth-order valence-corrected chi connectivity index (χ4v) is 3.59.